The van der Waals surface area contributed by atoms with Gasteiger partial charge in [0.25, 0.3) is 0 Å². The van der Waals surface area contributed by atoms with Crippen LogP contribution in [0.2, 0.25) is 0 Å². The average molecular weight is 378 g/mol. The summed E-state index contributed by atoms with van der Waals surface area (Å²) in [4.78, 5) is 27.0. The first-order chi connectivity index (χ1) is 12.6. The summed E-state index contributed by atoms with van der Waals surface area (Å²) in [5.41, 5.74) is 2.47. The fourth-order valence-corrected chi connectivity index (χ4v) is 5.59. The van der Waals surface area contributed by atoms with Crippen molar-refractivity contribution >= 4 is 32.2 Å². The highest BCUT2D eigenvalue weighted by molar-refractivity contribution is 8.69. The Hall–Kier alpha value is -2.50. The maximum absolute atomic E-state index is 13.0. The Morgan fingerprint density at radius 1 is 0.731 bits per heavy atom. The Morgan fingerprint density at radius 2 is 1.35 bits per heavy atom. The molecule has 5 heteroatoms. The standard InChI is InChI=1S/C21H14O3S2/c1-13-9-11-14(12-10-13)25-26(24)18-8-4-7-17-19(18)21(23)16-6-3-2-5-15(16)20(17)22/h2-12H,1H3. The van der Waals surface area contributed by atoms with Crippen molar-refractivity contribution in [3.8, 4) is 0 Å². The van der Waals surface area contributed by atoms with Crippen molar-refractivity contribution in [2.75, 3.05) is 0 Å². The Kier molecular flexibility index (Phi) is 4.34. The molecule has 0 radical (unpaired) electrons. The van der Waals surface area contributed by atoms with Gasteiger partial charge < -0.3 is 0 Å². The maximum Gasteiger partial charge on any atom is 0.195 e. The van der Waals surface area contributed by atoms with E-state index in [0.717, 1.165) is 10.5 Å². The largest absolute Gasteiger partial charge is 0.289 e. The number of aryl methyl sites for hydroxylation is 1. The fourth-order valence-electron chi connectivity index (χ4n) is 2.98. The van der Waals surface area contributed by atoms with Gasteiger partial charge in [-0.05, 0) is 35.9 Å². The van der Waals surface area contributed by atoms with Crippen LogP contribution in [0.1, 0.15) is 37.4 Å². The van der Waals surface area contributed by atoms with Gasteiger partial charge in [0.15, 0.2) is 11.6 Å². The zero-order valence-electron chi connectivity index (χ0n) is 13.9. The summed E-state index contributed by atoms with van der Waals surface area (Å²) < 4.78 is 12.9. The van der Waals surface area contributed by atoms with Gasteiger partial charge in [-0.25, -0.2) is 4.21 Å². The molecule has 0 spiro atoms. The number of carbonyl (C=O) groups is 2. The van der Waals surface area contributed by atoms with Crippen LogP contribution >= 0.6 is 10.8 Å². The van der Waals surface area contributed by atoms with Gasteiger partial charge in [-0.2, -0.15) is 0 Å². The smallest absolute Gasteiger partial charge is 0.195 e. The second-order valence-corrected chi connectivity index (χ2v) is 8.97. The molecule has 1 aliphatic rings. The Bertz CT molecular complexity index is 1070. The van der Waals surface area contributed by atoms with Gasteiger partial charge in [0.05, 0.1) is 10.5 Å². The number of benzene rings is 3. The van der Waals surface area contributed by atoms with E-state index < -0.39 is 9.83 Å². The van der Waals surface area contributed by atoms with Crippen LogP contribution in [0.3, 0.4) is 0 Å². The van der Waals surface area contributed by atoms with Crippen molar-refractivity contribution in [3.63, 3.8) is 0 Å². The molecule has 1 atom stereocenters. The maximum atomic E-state index is 13.0. The van der Waals surface area contributed by atoms with Crippen molar-refractivity contribution in [1.29, 1.82) is 0 Å². The third-order valence-corrected chi connectivity index (χ3v) is 7.17. The molecule has 0 amide bonds. The average Bonchev–Trinajstić information content (AvgIpc) is 2.67. The van der Waals surface area contributed by atoms with Crippen molar-refractivity contribution in [1.82, 2.24) is 0 Å². The molecule has 3 nitrogen and oxygen atoms in total. The lowest BCUT2D eigenvalue weighted by Crippen LogP contribution is -2.22. The highest BCUT2D eigenvalue weighted by Gasteiger charge is 2.32. The second kappa shape index (κ2) is 6.67. The van der Waals surface area contributed by atoms with Gasteiger partial charge in [-0.1, -0.05) is 54.1 Å². The SMILES string of the molecule is Cc1ccc(SS(=O)c2cccc3c2C(=O)c2ccccc2C3=O)cc1. The summed E-state index contributed by atoms with van der Waals surface area (Å²) in [6.07, 6.45) is 0. The van der Waals surface area contributed by atoms with Crippen LogP contribution in [0.25, 0.3) is 0 Å². The summed E-state index contributed by atoms with van der Waals surface area (Å²) in [6, 6.07) is 19.4. The molecule has 1 aliphatic carbocycles. The van der Waals surface area contributed by atoms with Crippen LogP contribution in [0.4, 0.5) is 0 Å². The molecule has 3 aromatic rings. The minimum atomic E-state index is -1.50. The molecule has 3 aromatic carbocycles. The number of rotatable bonds is 3. The molecule has 0 saturated carbocycles. The molecule has 0 fully saturated rings. The Labute approximate surface area is 157 Å². The van der Waals surface area contributed by atoms with Crippen LogP contribution in [-0.4, -0.2) is 15.8 Å². The first-order valence-electron chi connectivity index (χ1n) is 8.04. The molecule has 1 unspecified atom stereocenters. The molecule has 0 bridgehead atoms. The van der Waals surface area contributed by atoms with E-state index in [0.29, 0.717) is 21.6 Å². The number of hydrogen-bond donors (Lipinski definition) is 0. The van der Waals surface area contributed by atoms with E-state index in [4.69, 9.17) is 0 Å². The highest BCUT2D eigenvalue weighted by atomic mass is 33.1. The van der Waals surface area contributed by atoms with Crippen molar-refractivity contribution in [2.45, 2.75) is 16.7 Å². The topological polar surface area (TPSA) is 51.2 Å². The predicted octanol–water partition coefficient (Wildman–Crippen LogP) is 4.59. The monoisotopic (exact) mass is 378 g/mol. The first kappa shape index (κ1) is 16.9. The minimum Gasteiger partial charge on any atom is -0.289 e. The molecule has 128 valence electrons. The van der Waals surface area contributed by atoms with Crippen LogP contribution in [0.5, 0.6) is 0 Å². The van der Waals surface area contributed by atoms with E-state index in [1.165, 1.54) is 10.8 Å². The van der Waals surface area contributed by atoms with Crippen LogP contribution in [0, 0.1) is 6.92 Å². The van der Waals surface area contributed by atoms with Gasteiger partial charge >= 0.3 is 0 Å². The fraction of sp³-hybridized carbons (Fsp3) is 0.0476. The van der Waals surface area contributed by atoms with Crippen LogP contribution in [0.15, 0.2) is 76.5 Å². The summed E-state index contributed by atoms with van der Waals surface area (Å²) in [5.74, 6) is -0.446. The Morgan fingerprint density at radius 3 is 2.04 bits per heavy atom. The van der Waals surface area contributed by atoms with E-state index in [-0.39, 0.29) is 17.1 Å². The molecule has 4 rings (SSSR count). The van der Waals surface area contributed by atoms with Crippen LogP contribution < -0.4 is 0 Å². The van der Waals surface area contributed by atoms with E-state index in [1.807, 2.05) is 31.2 Å². The van der Waals surface area contributed by atoms with Gasteiger partial charge in [0, 0.05) is 21.6 Å². The first-order valence-corrected chi connectivity index (χ1v) is 10.5. The summed E-state index contributed by atoms with van der Waals surface area (Å²) in [6.45, 7) is 1.99. The van der Waals surface area contributed by atoms with Crippen LogP contribution in [-0.2, 0) is 9.83 Å². The predicted molar refractivity (Wildman–Crippen MR) is 103 cm³/mol. The molecular weight excluding hydrogens is 364 g/mol. The summed E-state index contributed by atoms with van der Waals surface area (Å²) in [7, 11) is -0.328. The van der Waals surface area contributed by atoms with Crippen molar-refractivity contribution < 1.29 is 13.8 Å². The van der Waals surface area contributed by atoms with Gasteiger partial charge in [-0.15, -0.1) is 0 Å². The molecule has 0 N–H and O–H groups in total. The quantitative estimate of drug-likeness (QED) is 0.490. The molecular formula is C21H14O3S2. The highest BCUT2D eigenvalue weighted by Crippen LogP contribution is 2.35. The lowest BCUT2D eigenvalue weighted by Gasteiger charge is -2.19. The van der Waals surface area contributed by atoms with Crippen molar-refractivity contribution in [3.05, 3.63) is 94.5 Å². The van der Waals surface area contributed by atoms with Gasteiger partial charge in [0.1, 0.15) is 9.83 Å². The zero-order chi connectivity index (χ0) is 18.3. The van der Waals surface area contributed by atoms with Gasteiger partial charge in [-0.3, -0.25) is 9.59 Å². The third-order valence-electron chi connectivity index (χ3n) is 4.29. The van der Waals surface area contributed by atoms with E-state index in [9.17, 15) is 13.8 Å². The minimum absolute atomic E-state index is 0.200. The third kappa shape index (κ3) is 2.83. The molecule has 0 saturated heterocycles. The number of ketones is 2. The van der Waals surface area contributed by atoms with E-state index in [1.54, 1.807) is 42.5 Å². The van der Waals surface area contributed by atoms with Crippen molar-refractivity contribution in [2.24, 2.45) is 0 Å². The van der Waals surface area contributed by atoms with E-state index in [2.05, 4.69) is 0 Å². The zero-order valence-corrected chi connectivity index (χ0v) is 15.5. The van der Waals surface area contributed by atoms with E-state index >= 15 is 0 Å². The Balaban J connectivity index is 1.78. The number of hydrogen-bond acceptors (Lipinski definition) is 4. The molecule has 0 aromatic heterocycles. The lowest BCUT2D eigenvalue weighted by molar-refractivity contribution is 0.0977. The summed E-state index contributed by atoms with van der Waals surface area (Å²) in [5, 5.41) is 0. The normalized spacial score (nSPS) is 13.9. The lowest BCUT2D eigenvalue weighted by atomic mass is 9.84. The number of fused-ring (bicyclic) bond motifs is 2. The molecule has 0 aliphatic heterocycles. The molecule has 0 heterocycles. The molecule has 26 heavy (non-hydrogen) atoms. The second-order valence-electron chi connectivity index (χ2n) is 6.01. The van der Waals surface area contributed by atoms with Gasteiger partial charge in [0.2, 0.25) is 0 Å². The number of carbonyl (C=O) groups excluding carboxylic acids is 2. The summed E-state index contributed by atoms with van der Waals surface area (Å²) >= 11 is 0.